The lowest BCUT2D eigenvalue weighted by Crippen LogP contribution is -2.48. The summed E-state index contributed by atoms with van der Waals surface area (Å²) >= 11 is 6.07. The van der Waals surface area contributed by atoms with Crippen molar-refractivity contribution in [3.8, 4) is 0 Å². The van der Waals surface area contributed by atoms with Crippen LogP contribution in [0.2, 0.25) is 0 Å². The minimum atomic E-state index is -1.34. The standard InChI is InChI=1S/C12H11NO4S2/c1-6-3-4-8(17-6)5-9-10(14)13(12(18)19-9)7(2)11(15)16/h3-5,7H,1-2H3,(H,15,16)/p-1/b9-5-/t7-/m0/s1. The van der Waals surface area contributed by atoms with E-state index in [0.29, 0.717) is 10.7 Å². The number of carboxylic acids is 1. The molecule has 1 fully saturated rings. The van der Waals surface area contributed by atoms with E-state index in [0.717, 1.165) is 22.4 Å². The number of aliphatic carboxylic acids is 1. The normalized spacial score (nSPS) is 19.3. The van der Waals surface area contributed by atoms with Crippen molar-refractivity contribution in [2.24, 2.45) is 0 Å². The van der Waals surface area contributed by atoms with E-state index >= 15 is 0 Å². The minimum Gasteiger partial charge on any atom is -0.548 e. The molecule has 7 heteroatoms. The van der Waals surface area contributed by atoms with Crippen LogP contribution in [0.4, 0.5) is 0 Å². The Balaban J connectivity index is 2.27. The lowest BCUT2D eigenvalue weighted by atomic mass is 10.3. The van der Waals surface area contributed by atoms with Gasteiger partial charge in [-0.05, 0) is 26.0 Å². The number of nitrogens with zero attached hydrogens (tertiary/aromatic N) is 1. The van der Waals surface area contributed by atoms with Crippen molar-refractivity contribution in [1.29, 1.82) is 0 Å². The average molecular weight is 296 g/mol. The largest absolute Gasteiger partial charge is 0.548 e. The van der Waals surface area contributed by atoms with Gasteiger partial charge in [0.05, 0.1) is 16.9 Å². The number of carbonyl (C=O) groups is 2. The van der Waals surface area contributed by atoms with Crippen LogP contribution in [0.5, 0.6) is 0 Å². The van der Waals surface area contributed by atoms with Crippen molar-refractivity contribution in [3.63, 3.8) is 0 Å². The Bertz CT molecular complexity index is 590. The van der Waals surface area contributed by atoms with Crippen molar-refractivity contribution in [3.05, 3.63) is 28.6 Å². The molecule has 5 nitrogen and oxygen atoms in total. The molecule has 2 heterocycles. The number of thioether (sulfide) groups is 1. The maximum absolute atomic E-state index is 12.1. The quantitative estimate of drug-likeness (QED) is 0.610. The summed E-state index contributed by atoms with van der Waals surface area (Å²) in [5, 5.41) is 10.8. The predicted molar refractivity (Wildman–Crippen MR) is 72.9 cm³/mol. The van der Waals surface area contributed by atoms with Crippen molar-refractivity contribution in [2.45, 2.75) is 19.9 Å². The van der Waals surface area contributed by atoms with Gasteiger partial charge in [0.25, 0.3) is 5.91 Å². The van der Waals surface area contributed by atoms with E-state index in [1.165, 1.54) is 6.92 Å². The molecule has 0 aromatic carbocycles. The number of aryl methyl sites for hydroxylation is 1. The number of carbonyl (C=O) groups excluding carboxylic acids is 2. The summed E-state index contributed by atoms with van der Waals surface area (Å²) in [5.41, 5.74) is 0. The highest BCUT2D eigenvalue weighted by Gasteiger charge is 2.35. The first-order valence-corrected chi connectivity index (χ1v) is 6.67. The summed E-state index contributed by atoms with van der Waals surface area (Å²) in [4.78, 5) is 24.3. The molecule has 1 aromatic heterocycles. The number of thiocarbonyl (C=S) groups is 1. The monoisotopic (exact) mass is 296 g/mol. The van der Waals surface area contributed by atoms with Gasteiger partial charge >= 0.3 is 0 Å². The van der Waals surface area contributed by atoms with Crippen molar-refractivity contribution in [2.75, 3.05) is 0 Å². The Kier molecular flexibility index (Phi) is 3.77. The second-order valence-electron chi connectivity index (χ2n) is 4.00. The molecule has 1 atom stereocenters. The molecule has 0 spiro atoms. The Hall–Kier alpha value is -1.60. The molecule has 0 aliphatic carbocycles. The molecule has 0 N–H and O–H groups in total. The van der Waals surface area contributed by atoms with Gasteiger partial charge in [-0.1, -0.05) is 24.0 Å². The van der Waals surface area contributed by atoms with Crippen LogP contribution >= 0.6 is 24.0 Å². The predicted octanol–water partition coefficient (Wildman–Crippen LogP) is 0.928. The molecule has 19 heavy (non-hydrogen) atoms. The molecule has 1 aromatic rings. The van der Waals surface area contributed by atoms with Gasteiger partial charge in [-0.2, -0.15) is 0 Å². The van der Waals surface area contributed by atoms with Crippen molar-refractivity contribution in [1.82, 2.24) is 4.90 Å². The van der Waals surface area contributed by atoms with Crippen molar-refractivity contribution >= 4 is 46.3 Å². The summed E-state index contributed by atoms with van der Waals surface area (Å²) < 4.78 is 5.54. The highest BCUT2D eigenvalue weighted by atomic mass is 32.2. The molecule has 0 bridgehead atoms. The van der Waals surface area contributed by atoms with Gasteiger partial charge < -0.3 is 14.3 Å². The Morgan fingerprint density at radius 2 is 2.26 bits per heavy atom. The van der Waals surface area contributed by atoms with E-state index < -0.39 is 17.9 Å². The van der Waals surface area contributed by atoms with Gasteiger partial charge in [0.15, 0.2) is 0 Å². The second kappa shape index (κ2) is 5.18. The molecular formula is C12H10NO4S2-. The number of hydrogen-bond donors (Lipinski definition) is 0. The molecule has 1 aliphatic heterocycles. The fourth-order valence-corrected chi connectivity index (χ4v) is 2.98. The maximum Gasteiger partial charge on any atom is 0.266 e. The van der Waals surface area contributed by atoms with Gasteiger partial charge in [-0.15, -0.1) is 0 Å². The fraction of sp³-hybridized carbons (Fsp3) is 0.250. The molecule has 0 saturated carbocycles. The molecule has 0 unspecified atom stereocenters. The zero-order chi connectivity index (χ0) is 14.2. The minimum absolute atomic E-state index is 0.205. The highest BCUT2D eigenvalue weighted by molar-refractivity contribution is 8.26. The Labute approximate surface area is 119 Å². The van der Waals surface area contributed by atoms with Gasteiger partial charge in [-0.25, -0.2) is 0 Å². The first-order valence-electron chi connectivity index (χ1n) is 5.44. The van der Waals surface area contributed by atoms with Crippen LogP contribution in [0, 0.1) is 6.92 Å². The van der Waals surface area contributed by atoms with Crippen LogP contribution in [0.1, 0.15) is 18.4 Å². The number of rotatable bonds is 3. The van der Waals surface area contributed by atoms with E-state index in [4.69, 9.17) is 16.6 Å². The Morgan fingerprint density at radius 3 is 2.79 bits per heavy atom. The van der Waals surface area contributed by atoms with E-state index in [1.54, 1.807) is 25.1 Å². The smallest absolute Gasteiger partial charge is 0.266 e. The second-order valence-corrected chi connectivity index (χ2v) is 5.67. The molecule has 1 aliphatic rings. The topological polar surface area (TPSA) is 73.6 Å². The molecule has 2 rings (SSSR count). The third kappa shape index (κ3) is 2.71. The zero-order valence-electron chi connectivity index (χ0n) is 10.2. The lowest BCUT2D eigenvalue weighted by Gasteiger charge is -2.23. The summed E-state index contributed by atoms with van der Waals surface area (Å²) in [6, 6.07) is 2.41. The van der Waals surface area contributed by atoms with E-state index in [-0.39, 0.29) is 4.32 Å². The van der Waals surface area contributed by atoms with Crippen LogP contribution < -0.4 is 5.11 Å². The van der Waals surface area contributed by atoms with E-state index in [1.807, 2.05) is 0 Å². The molecule has 0 radical (unpaired) electrons. The van der Waals surface area contributed by atoms with Crippen molar-refractivity contribution < 1.29 is 19.1 Å². The fourth-order valence-electron chi connectivity index (χ4n) is 1.58. The Morgan fingerprint density at radius 1 is 1.58 bits per heavy atom. The summed E-state index contributed by atoms with van der Waals surface area (Å²) in [6.07, 6.45) is 1.55. The van der Waals surface area contributed by atoms with Crippen LogP contribution in [0.3, 0.4) is 0 Å². The third-order valence-electron chi connectivity index (χ3n) is 2.59. The number of carboxylic acid groups (broad SMARTS) is 1. The molecule has 100 valence electrons. The summed E-state index contributed by atoms with van der Waals surface area (Å²) in [7, 11) is 0. The van der Waals surface area contributed by atoms with E-state index in [9.17, 15) is 14.7 Å². The molecule has 1 amide bonds. The average Bonchev–Trinajstić information content (AvgIpc) is 2.84. The zero-order valence-corrected chi connectivity index (χ0v) is 11.8. The van der Waals surface area contributed by atoms with Crippen LogP contribution in [-0.2, 0) is 9.59 Å². The number of amides is 1. The van der Waals surface area contributed by atoms with Gasteiger partial charge in [0, 0.05) is 6.08 Å². The van der Waals surface area contributed by atoms with Crippen LogP contribution in [-0.4, -0.2) is 27.1 Å². The maximum atomic E-state index is 12.1. The SMILES string of the molecule is Cc1ccc(/C=C2\SC(=S)N([C@@H](C)C(=O)[O-])C2=O)o1. The van der Waals surface area contributed by atoms with Gasteiger partial charge in [0.1, 0.15) is 15.8 Å². The lowest BCUT2D eigenvalue weighted by molar-refractivity contribution is -0.309. The van der Waals surface area contributed by atoms with Crippen LogP contribution in [0.25, 0.3) is 6.08 Å². The first kappa shape index (κ1) is 13.8. The summed E-state index contributed by atoms with van der Waals surface area (Å²) in [6.45, 7) is 3.15. The molecule has 1 saturated heterocycles. The number of hydrogen-bond acceptors (Lipinski definition) is 6. The third-order valence-corrected chi connectivity index (χ3v) is 3.92. The van der Waals surface area contributed by atoms with E-state index in [2.05, 4.69) is 0 Å². The number of furan rings is 1. The molecular weight excluding hydrogens is 286 g/mol. The van der Waals surface area contributed by atoms with Gasteiger partial charge in [0.2, 0.25) is 0 Å². The highest BCUT2D eigenvalue weighted by Crippen LogP contribution is 2.33. The summed E-state index contributed by atoms with van der Waals surface area (Å²) in [5.74, 6) is -0.531. The first-order chi connectivity index (χ1) is 8.90. The van der Waals surface area contributed by atoms with Crippen LogP contribution in [0.15, 0.2) is 21.5 Å². The van der Waals surface area contributed by atoms with Gasteiger partial charge in [-0.3, -0.25) is 9.69 Å².